The van der Waals surface area contributed by atoms with Crippen LogP contribution in [0, 0.1) is 3.70 Å². The Balaban J connectivity index is 1.38. The summed E-state index contributed by atoms with van der Waals surface area (Å²) in [6, 6.07) is 44.0. The van der Waals surface area contributed by atoms with Gasteiger partial charge in [0.1, 0.15) is 14.9 Å². The van der Waals surface area contributed by atoms with Crippen LogP contribution in [0.15, 0.2) is 132 Å². The fraction of sp³-hybridized carbons (Fsp3) is 0. The minimum Gasteiger partial charge on any atom is -0.456 e. The first-order valence-corrected chi connectivity index (χ1v) is 13.5. The van der Waals surface area contributed by atoms with E-state index in [0.717, 1.165) is 53.6 Å². The maximum absolute atomic E-state index is 6.13. The van der Waals surface area contributed by atoms with Crippen molar-refractivity contribution in [1.82, 2.24) is 9.97 Å². The monoisotopic (exact) mass is 600 g/mol. The van der Waals surface area contributed by atoms with Gasteiger partial charge >= 0.3 is 0 Å². The molecule has 0 radical (unpaired) electrons. The van der Waals surface area contributed by atoms with Gasteiger partial charge in [0, 0.05) is 21.9 Å². The third-order valence-electron chi connectivity index (χ3n) is 6.77. The quantitative estimate of drug-likeness (QED) is 0.149. The Morgan fingerprint density at radius 1 is 0.447 bits per heavy atom. The molecule has 7 rings (SSSR count). The van der Waals surface area contributed by atoms with Crippen LogP contribution in [-0.4, -0.2) is 9.97 Å². The maximum atomic E-state index is 6.13. The van der Waals surface area contributed by atoms with Crippen molar-refractivity contribution in [1.29, 1.82) is 0 Å². The molecule has 2 aromatic heterocycles. The number of rotatable bonds is 4. The van der Waals surface area contributed by atoms with E-state index in [1.54, 1.807) is 0 Å². The largest absolute Gasteiger partial charge is 0.456 e. The minimum absolute atomic E-state index is 0.681. The lowest BCUT2D eigenvalue weighted by atomic mass is 9.95. The Morgan fingerprint density at radius 2 is 1.05 bits per heavy atom. The van der Waals surface area contributed by atoms with Gasteiger partial charge in [-0.15, -0.1) is 0 Å². The molecule has 5 aromatic carbocycles. The normalized spacial score (nSPS) is 11.3. The van der Waals surface area contributed by atoms with Crippen LogP contribution in [0.25, 0.3) is 66.8 Å². The third-order valence-corrected chi connectivity index (χ3v) is 7.33. The van der Waals surface area contributed by atoms with Crippen molar-refractivity contribution in [2.24, 2.45) is 0 Å². The third kappa shape index (κ3) is 4.27. The van der Waals surface area contributed by atoms with Gasteiger partial charge in [0.2, 0.25) is 0 Å². The Morgan fingerprint density at radius 3 is 1.76 bits per heavy atom. The summed E-state index contributed by atoms with van der Waals surface area (Å²) in [5.74, 6) is 0.681. The van der Waals surface area contributed by atoms with Crippen molar-refractivity contribution < 1.29 is 4.42 Å². The van der Waals surface area contributed by atoms with Crippen molar-refractivity contribution in [3.05, 3.63) is 131 Å². The zero-order valence-electron chi connectivity index (χ0n) is 20.3. The second-order valence-corrected chi connectivity index (χ2v) is 10.3. The molecule has 0 aliphatic rings. The van der Waals surface area contributed by atoms with Crippen molar-refractivity contribution in [3.63, 3.8) is 0 Å². The van der Waals surface area contributed by atoms with Crippen LogP contribution in [0.3, 0.4) is 0 Å². The van der Waals surface area contributed by atoms with Crippen LogP contribution in [-0.2, 0) is 0 Å². The molecule has 0 aliphatic carbocycles. The second kappa shape index (κ2) is 9.54. The summed E-state index contributed by atoms with van der Waals surface area (Å²) in [6.07, 6.45) is 0. The van der Waals surface area contributed by atoms with Crippen LogP contribution >= 0.6 is 22.6 Å². The van der Waals surface area contributed by atoms with Gasteiger partial charge in [-0.05, 0) is 87.3 Å². The van der Waals surface area contributed by atoms with Gasteiger partial charge in [-0.2, -0.15) is 0 Å². The lowest BCUT2D eigenvalue weighted by Crippen LogP contribution is -1.96. The van der Waals surface area contributed by atoms with Gasteiger partial charge < -0.3 is 4.42 Å². The zero-order chi connectivity index (χ0) is 25.5. The summed E-state index contributed by atoms with van der Waals surface area (Å²) in [6.45, 7) is 0. The van der Waals surface area contributed by atoms with E-state index in [-0.39, 0.29) is 0 Å². The summed E-state index contributed by atoms with van der Waals surface area (Å²) in [5, 5.41) is 2.21. The number of benzene rings is 5. The fourth-order valence-corrected chi connectivity index (χ4v) is 5.45. The van der Waals surface area contributed by atoms with E-state index >= 15 is 0 Å². The van der Waals surface area contributed by atoms with Gasteiger partial charge in [-0.25, -0.2) is 9.97 Å². The zero-order valence-corrected chi connectivity index (χ0v) is 22.5. The maximum Gasteiger partial charge on any atom is 0.161 e. The molecule has 0 unspecified atom stereocenters. The number of aromatic nitrogens is 2. The van der Waals surface area contributed by atoms with E-state index in [1.807, 2.05) is 42.5 Å². The number of para-hydroxylation sites is 1. The molecule has 0 aliphatic heterocycles. The smallest absolute Gasteiger partial charge is 0.161 e. The predicted octanol–water partition coefficient (Wildman–Crippen LogP) is 9.65. The predicted molar refractivity (Wildman–Crippen MR) is 164 cm³/mol. The van der Waals surface area contributed by atoms with Gasteiger partial charge in [-0.1, -0.05) is 84.9 Å². The van der Waals surface area contributed by atoms with E-state index in [9.17, 15) is 0 Å². The molecule has 180 valence electrons. The highest BCUT2D eigenvalue weighted by molar-refractivity contribution is 14.1. The van der Waals surface area contributed by atoms with Gasteiger partial charge in [0.25, 0.3) is 0 Å². The summed E-state index contributed by atoms with van der Waals surface area (Å²) in [5.41, 5.74) is 9.24. The van der Waals surface area contributed by atoms with Crippen molar-refractivity contribution in [2.75, 3.05) is 0 Å². The van der Waals surface area contributed by atoms with E-state index in [4.69, 9.17) is 14.4 Å². The number of furan rings is 1. The van der Waals surface area contributed by atoms with Gasteiger partial charge in [0.05, 0.1) is 5.69 Å². The topological polar surface area (TPSA) is 38.9 Å². The molecule has 4 heteroatoms. The Bertz CT molecular complexity index is 1870. The number of nitrogens with zero attached hydrogens (tertiary/aromatic N) is 2. The first-order valence-electron chi connectivity index (χ1n) is 12.4. The summed E-state index contributed by atoms with van der Waals surface area (Å²) in [7, 11) is 0. The number of halogens is 1. The van der Waals surface area contributed by atoms with Gasteiger partial charge in [0.15, 0.2) is 5.82 Å². The summed E-state index contributed by atoms with van der Waals surface area (Å²) >= 11 is 2.28. The molecule has 0 saturated carbocycles. The molecule has 0 spiro atoms. The first kappa shape index (κ1) is 22.9. The molecule has 38 heavy (non-hydrogen) atoms. The highest BCUT2D eigenvalue weighted by Crippen LogP contribution is 2.35. The first-order chi connectivity index (χ1) is 18.7. The lowest BCUT2D eigenvalue weighted by Gasteiger charge is -2.12. The summed E-state index contributed by atoms with van der Waals surface area (Å²) < 4.78 is 7.02. The van der Waals surface area contributed by atoms with Gasteiger partial charge in [-0.3, -0.25) is 0 Å². The molecule has 0 saturated heterocycles. The van der Waals surface area contributed by atoms with E-state index in [0.29, 0.717) is 5.82 Å². The van der Waals surface area contributed by atoms with Crippen LogP contribution in [0.4, 0.5) is 0 Å². The van der Waals surface area contributed by atoms with E-state index < -0.39 is 0 Å². The molecular formula is C34H21IN2O. The number of hydrogen-bond acceptors (Lipinski definition) is 3. The standard InChI is InChI=1S/C34H21IN2O/c35-33-21-30(36-34(37-33)24-15-16-29-28-13-7-8-14-31(28)38-32(29)20-24)27-18-25(22-9-3-1-4-10-22)17-26(19-27)23-11-5-2-6-12-23/h1-21H. The van der Waals surface area contributed by atoms with Crippen molar-refractivity contribution in [2.45, 2.75) is 0 Å². The molecule has 0 fully saturated rings. The molecule has 0 N–H and O–H groups in total. The SMILES string of the molecule is Ic1cc(-c2cc(-c3ccccc3)cc(-c3ccccc3)c2)nc(-c2ccc3c(c2)oc2ccccc23)n1. The molecule has 2 heterocycles. The molecular weight excluding hydrogens is 579 g/mol. The van der Waals surface area contributed by atoms with Crippen LogP contribution in [0.2, 0.25) is 0 Å². The number of hydrogen-bond donors (Lipinski definition) is 0. The molecule has 0 bridgehead atoms. The average molecular weight is 600 g/mol. The lowest BCUT2D eigenvalue weighted by molar-refractivity contribution is 0.669. The van der Waals surface area contributed by atoms with E-state index in [2.05, 4.69) is 108 Å². The van der Waals surface area contributed by atoms with Crippen molar-refractivity contribution >= 4 is 44.5 Å². The highest BCUT2D eigenvalue weighted by Gasteiger charge is 2.14. The fourth-order valence-electron chi connectivity index (χ4n) is 4.93. The average Bonchev–Trinajstić information content (AvgIpc) is 3.35. The molecule has 0 atom stereocenters. The Labute approximate surface area is 234 Å². The number of fused-ring (bicyclic) bond motifs is 3. The highest BCUT2D eigenvalue weighted by atomic mass is 127. The minimum atomic E-state index is 0.681. The summed E-state index contributed by atoms with van der Waals surface area (Å²) in [4.78, 5) is 9.83. The molecule has 0 amide bonds. The Kier molecular flexibility index (Phi) is 5.74. The Hall–Kier alpha value is -4.29. The molecule has 3 nitrogen and oxygen atoms in total. The van der Waals surface area contributed by atoms with Crippen LogP contribution in [0.5, 0.6) is 0 Å². The van der Waals surface area contributed by atoms with Crippen LogP contribution < -0.4 is 0 Å². The van der Waals surface area contributed by atoms with Crippen molar-refractivity contribution in [3.8, 4) is 44.9 Å². The van der Waals surface area contributed by atoms with E-state index in [1.165, 1.54) is 11.1 Å². The molecule has 7 aromatic rings. The second-order valence-electron chi connectivity index (χ2n) is 9.24. The van der Waals surface area contributed by atoms with Crippen LogP contribution in [0.1, 0.15) is 0 Å².